The van der Waals surface area contributed by atoms with Crippen LogP contribution >= 0.6 is 11.3 Å². The molecule has 6 heteroatoms. The number of fused-ring (bicyclic) bond motifs is 1. The van der Waals surface area contributed by atoms with E-state index < -0.39 is 5.97 Å². The minimum absolute atomic E-state index is 0.160. The predicted octanol–water partition coefficient (Wildman–Crippen LogP) is 4.90. The zero-order valence-electron chi connectivity index (χ0n) is 16.0. The monoisotopic (exact) mass is 405 g/mol. The van der Waals surface area contributed by atoms with Gasteiger partial charge in [0.2, 0.25) is 0 Å². The summed E-state index contributed by atoms with van der Waals surface area (Å²) in [5.41, 5.74) is 2.08. The molecule has 2 aromatic carbocycles. The Labute approximate surface area is 171 Å². The molecule has 0 saturated heterocycles. The Balaban J connectivity index is 2.10. The van der Waals surface area contributed by atoms with Gasteiger partial charge in [-0.3, -0.25) is 9.36 Å². The summed E-state index contributed by atoms with van der Waals surface area (Å²) in [6.07, 6.45) is 0. The van der Waals surface area contributed by atoms with Crippen molar-refractivity contribution in [1.29, 1.82) is 0 Å². The van der Waals surface area contributed by atoms with Crippen molar-refractivity contribution in [3.8, 4) is 22.6 Å². The SMILES string of the molecule is CCOC(=O)c1sc2c(ccc(=O)n2-c2ccccc2)c1-c1ccccc1OC. The molecule has 146 valence electrons. The molecule has 0 spiro atoms. The molecule has 29 heavy (non-hydrogen) atoms. The number of nitrogens with zero attached hydrogens (tertiary/aromatic N) is 1. The lowest BCUT2D eigenvalue weighted by molar-refractivity contribution is 0.0533. The first kappa shape index (κ1) is 19.0. The molecule has 4 aromatic rings. The molecule has 0 aliphatic heterocycles. The number of methoxy groups -OCH3 is 1. The lowest BCUT2D eigenvalue weighted by Gasteiger charge is -2.10. The van der Waals surface area contributed by atoms with Crippen molar-refractivity contribution in [1.82, 2.24) is 4.57 Å². The Bertz CT molecular complexity index is 1240. The first-order valence-electron chi connectivity index (χ1n) is 9.20. The van der Waals surface area contributed by atoms with Crippen LogP contribution in [0.5, 0.6) is 5.75 Å². The molecule has 0 N–H and O–H groups in total. The fraction of sp³-hybridized carbons (Fsp3) is 0.130. The molecule has 0 aliphatic carbocycles. The maximum absolute atomic E-state index is 12.8. The Kier molecular flexibility index (Phi) is 5.18. The van der Waals surface area contributed by atoms with Crippen LogP contribution in [0.4, 0.5) is 0 Å². The zero-order valence-corrected chi connectivity index (χ0v) is 16.9. The van der Waals surface area contributed by atoms with Crippen LogP contribution < -0.4 is 10.3 Å². The van der Waals surface area contributed by atoms with Gasteiger partial charge in [-0.25, -0.2) is 4.79 Å². The maximum atomic E-state index is 12.8. The second-order valence-corrected chi connectivity index (χ2v) is 7.29. The summed E-state index contributed by atoms with van der Waals surface area (Å²) in [7, 11) is 1.59. The summed E-state index contributed by atoms with van der Waals surface area (Å²) in [5, 5.41) is 0.797. The molecule has 0 unspecified atom stereocenters. The summed E-state index contributed by atoms with van der Waals surface area (Å²) in [5.74, 6) is 0.233. The molecule has 0 radical (unpaired) electrons. The molecule has 0 bridgehead atoms. The molecule has 4 rings (SSSR count). The van der Waals surface area contributed by atoms with Crippen LogP contribution in [0, 0.1) is 0 Å². The minimum atomic E-state index is -0.415. The van der Waals surface area contributed by atoms with Crippen molar-refractivity contribution < 1.29 is 14.3 Å². The number of ether oxygens (including phenoxy) is 2. The molecular weight excluding hydrogens is 386 g/mol. The lowest BCUT2D eigenvalue weighted by Crippen LogP contribution is -2.16. The number of pyridine rings is 1. The predicted molar refractivity (Wildman–Crippen MR) is 115 cm³/mol. The van der Waals surface area contributed by atoms with Gasteiger partial charge in [0.1, 0.15) is 15.5 Å². The lowest BCUT2D eigenvalue weighted by atomic mass is 10.0. The number of hydrogen-bond donors (Lipinski definition) is 0. The van der Waals surface area contributed by atoms with Gasteiger partial charge >= 0.3 is 5.97 Å². The highest BCUT2D eigenvalue weighted by molar-refractivity contribution is 7.21. The first-order valence-corrected chi connectivity index (χ1v) is 10.0. The fourth-order valence-electron chi connectivity index (χ4n) is 3.36. The standard InChI is InChI=1S/C23H19NO4S/c1-3-28-23(26)21-20(16-11-7-8-12-18(16)27-2)17-13-14-19(25)24(22(17)29-21)15-9-5-4-6-10-15/h4-14H,3H2,1-2H3. The van der Waals surface area contributed by atoms with Gasteiger partial charge < -0.3 is 9.47 Å². The third-order valence-corrected chi connectivity index (χ3v) is 5.76. The number of aromatic nitrogens is 1. The van der Waals surface area contributed by atoms with Gasteiger partial charge in [0.15, 0.2) is 0 Å². The van der Waals surface area contributed by atoms with Crippen LogP contribution in [-0.2, 0) is 4.74 Å². The minimum Gasteiger partial charge on any atom is -0.496 e. The summed E-state index contributed by atoms with van der Waals surface area (Å²) in [6, 6.07) is 20.2. The van der Waals surface area contributed by atoms with Crippen molar-refractivity contribution in [3.05, 3.63) is 82.0 Å². The van der Waals surface area contributed by atoms with Gasteiger partial charge in [-0.2, -0.15) is 0 Å². The highest BCUT2D eigenvalue weighted by atomic mass is 32.1. The summed E-state index contributed by atoms with van der Waals surface area (Å²) < 4.78 is 12.5. The van der Waals surface area contributed by atoms with Gasteiger partial charge in [0.25, 0.3) is 5.56 Å². The van der Waals surface area contributed by atoms with Gasteiger partial charge in [-0.1, -0.05) is 36.4 Å². The number of hydrogen-bond acceptors (Lipinski definition) is 5. The van der Waals surface area contributed by atoms with E-state index in [0.717, 1.165) is 16.6 Å². The molecule has 0 aliphatic rings. The number of thiophene rings is 1. The number of carbonyl (C=O) groups is 1. The van der Waals surface area contributed by atoms with E-state index in [4.69, 9.17) is 9.47 Å². The third kappa shape index (κ3) is 3.32. The van der Waals surface area contributed by atoms with E-state index in [2.05, 4.69) is 0 Å². The smallest absolute Gasteiger partial charge is 0.349 e. The molecule has 0 atom stereocenters. The highest BCUT2D eigenvalue weighted by Gasteiger charge is 2.25. The number of benzene rings is 2. The fourth-order valence-corrected chi connectivity index (χ4v) is 4.59. The molecule has 0 amide bonds. The van der Waals surface area contributed by atoms with Crippen molar-refractivity contribution in [2.45, 2.75) is 6.92 Å². The van der Waals surface area contributed by atoms with Gasteiger partial charge in [0.05, 0.1) is 19.4 Å². The normalized spacial score (nSPS) is 10.8. The molecule has 0 fully saturated rings. The van der Waals surface area contributed by atoms with Gasteiger partial charge in [-0.05, 0) is 31.2 Å². The van der Waals surface area contributed by atoms with Crippen molar-refractivity contribution in [2.75, 3.05) is 13.7 Å². The third-order valence-electron chi connectivity index (χ3n) is 4.59. The van der Waals surface area contributed by atoms with E-state index in [9.17, 15) is 9.59 Å². The molecular formula is C23H19NO4S. The average Bonchev–Trinajstić information content (AvgIpc) is 3.13. The summed E-state index contributed by atoms with van der Waals surface area (Å²) in [4.78, 5) is 26.7. The van der Waals surface area contributed by atoms with Crippen LogP contribution in [0.15, 0.2) is 71.5 Å². The molecule has 0 saturated carbocycles. The topological polar surface area (TPSA) is 57.5 Å². The van der Waals surface area contributed by atoms with Crippen LogP contribution in [0.1, 0.15) is 16.6 Å². The number of carbonyl (C=O) groups excluding carboxylic acids is 1. The molecule has 5 nitrogen and oxygen atoms in total. The van der Waals surface area contributed by atoms with Crippen LogP contribution in [0.3, 0.4) is 0 Å². The zero-order chi connectivity index (χ0) is 20.4. The molecule has 2 heterocycles. The highest BCUT2D eigenvalue weighted by Crippen LogP contribution is 2.42. The second-order valence-electron chi connectivity index (χ2n) is 6.29. The van der Waals surface area contributed by atoms with Crippen molar-refractivity contribution >= 4 is 27.5 Å². The Morgan fingerprint density at radius 1 is 1.00 bits per heavy atom. The van der Waals surface area contributed by atoms with Gasteiger partial charge in [0, 0.05) is 22.6 Å². The Morgan fingerprint density at radius 2 is 1.72 bits per heavy atom. The van der Waals surface area contributed by atoms with Crippen molar-refractivity contribution in [3.63, 3.8) is 0 Å². The first-order chi connectivity index (χ1) is 14.2. The van der Waals surface area contributed by atoms with E-state index in [1.165, 1.54) is 17.4 Å². The van der Waals surface area contributed by atoms with Crippen LogP contribution in [-0.4, -0.2) is 24.3 Å². The Hall–Kier alpha value is -3.38. The van der Waals surface area contributed by atoms with Crippen molar-refractivity contribution in [2.24, 2.45) is 0 Å². The number of esters is 1. The van der Waals surface area contributed by atoms with E-state index in [1.807, 2.05) is 54.6 Å². The summed E-state index contributed by atoms with van der Waals surface area (Å²) in [6.45, 7) is 2.04. The summed E-state index contributed by atoms with van der Waals surface area (Å²) >= 11 is 1.25. The number of rotatable bonds is 5. The Morgan fingerprint density at radius 3 is 2.45 bits per heavy atom. The van der Waals surface area contributed by atoms with E-state index in [-0.39, 0.29) is 12.2 Å². The largest absolute Gasteiger partial charge is 0.496 e. The van der Waals surface area contributed by atoms with Crippen LogP contribution in [0.2, 0.25) is 0 Å². The quantitative estimate of drug-likeness (QED) is 0.443. The molecule has 2 aromatic heterocycles. The van der Waals surface area contributed by atoms with E-state index in [1.54, 1.807) is 24.7 Å². The van der Waals surface area contributed by atoms with E-state index >= 15 is 0 Å². The van der Waals surface area contributed by atoms with Crippen LogP contribution in [0.25, 0.3) is 27.0 Å². The average molecular weight is 405 g/mol. The number of para-hydroxylation sites is 2. The van der Waals surface area contributed by atoms with Gasteiger partial charge in [-0.15, -0.1) is 11.3 Å². The maximum Gasteiger partial charge on any atom is 0.349 e. The van der Waals surface area contributed by atoms with E-state index in [0.29, 0.717) is 21.0 Å². The second kappa shape index (κ2) is 7.93.